The Balaban J connectivity index is 2.13. The van der Waals surface area contributed by atoms with Gasteiger partial charge in [-0.25, -0.2) is 4.98 Å². The molecule has 2 heterocycles. The Morgan fingerprint density at radius 3 is 2.69 bits per heavy atom. The maximum Gasteiger partial charge on any atom is 0.131 e. The van der Waals surface area contributed by atoms with Crippen molar-refractivity contribution in [1.82, 2.24) is 9.88 Å². The Morgan fingerprint density at radius 1 is 1.38 bits per heavy atom. The second kappa shape index (κ2) is 4.60. The van der Waals surface area contributed by atoms with Gasteiger partial charge in [-0.05, 0) is 32.1 Å². The van der Waals surface area contributed by atoms with Gasteiger partial charge in [0, 0.05) is 19.1 Å². The molecule has 0 N–H and O–H groups in total. The van der Waals surface area contributed by atoms with Gasteiger partial charge in [0.25, 0.3) is 0 Å². The minimum atomic E-state index is 0.568. The largest absolute Gasteiger partial charge is 0.355 e. The van der Waals surface area contributed by atoms with E-state index in [1.54, 1.807) is 0 Å². The first kappa shape index (κ1) is 11.7. The zero-order chi connectivity index (χ0) is 11.7. The van der Waals surface area contributed by atoms with E-state index in [0.717, 1.165) is 18.9 Å². The number of hydrogen-bond donors (Lipinski definition) is 0. The summed E-state index contributed by atoms with van der Waals surface area (Å²) in [4.78, 5) is 8.95. The first-order valence-corrected chi connectivity index (χ1v) is 5.99. The van der Waals surface area contributed by atoms with Crippen LogP contribution in [0.5, 0.6) is 0 Å². The molecule has 0 spiro atoms. The lowest BCUT2D eigenvalue weighted by atomic mass is 10.1. The Bertz CT molecular complexity index is 367. The highest BCUT2D eigenvalue weighted by molar-refractivity contribution is 6.29. The number of aromatic nitrogens is 1. The van der Waals surface area contributed by atoms with Gasteiger partial charge in [0.05, 0.1) is 0 Å². The van der Waals surface area contributed by atoms with Gasteiger partial charge in [-0.1, -0.05) is 24.6 Å². The van der Waals surface area contributed by atoms with Crippen LogP contribution in [-0.4, -0.2) is 43.1 Å². The van der Waals surface area contributed by atoms with Crippen molar-refractivity contribution in [3.63, 3.8) is 0 Å². The molecule has 1 aliphatic rings. The number of likely N-dealkylation sites (N-methyl/N-ethyl adjacent to an activating group) is 1. The molecule has 1 aliphatic heterocycles. The zero-order valence-electron chi connectivity index (χ0n) is 10.0. The molecular formula is C12H18ClN3. The van der Waals surface area contributed by atoms with Crippen molar-refractivity contribution in [2.75, 3.05) is 32.1 Å². The molecule has 0 radical (unpaired) electrons. The first-order chi connectivity index (χ1) is 7.58. The van der Waals surface area contributed by atoms with E-state index in [2.05, 4.69) is 35.8 Å². The van der Waals surface area contributed by atoms with Gasteiger partial charge in [-0.2, -0.15) is 0 Å². The van der Waals surface area contributed by atoms with Crippen molar-refractivity contribution < 1.29 is 0 Å². The van der Waals surface area contributed by atoms with Gasteiger partial charge in [0.15, 0.2) is 0 Å². The second-order valence-corrected chi connectivity index (χ2v) is 5.12. The average Bonchev–Trinajstić information content (AvgIpc) is 2.60. The van der Waals surface area contributed by atoms with E-state index in [0.29, 0.717) is 17.1 Å². The van der Waals surface area contributed by atoms with E-state index in [1.165, 1.54) is 0 Å². The van der Waals surface area contributed by atoms with Gasteiger partial charge in [0.1, 0.15) is 11.0 Å². The third-order valence-electron chi connectivity index (χ3n) is 3.26. The normalized spacial score (nSPS) is 25.4. The summed E-state index contributed by atoms with van der Waals surface area (Å²) in [6.07, 6.45) is 0. The van der Waals surface area contributed by atoms with Crippen molar-refractivity contribution in [1.29, 1.82) is 0 Å². The minimum absolute atomic E-state index is 0.568. The molecule has 0 amide bonds. The lowest BCUT2D eigenvalue weighted by molar-refractivity contribution is 0.266. The number of nitrogens with zero attached hydrogens (tertiary/aromatic N) is 3. The molecule has 88 valence electrons. The van der Waals surface area contributed by atoms with Crippen LogP contribution in [0, 0.1) is 5.92 Å². The number of anilines is 1. The van der Waals surface area contributed by atoms with Crippen LogP contribution in [-0.2, 0) is 0 Å². The third-order valence-corrected chi connectivity index (χ3v) is 3.47. The molecule has 2 rings (SSSR count). The monoisotopic (exact) mass is 239 g/mol. The molecule has 1 aromatic heterocycles. The lowest BCUT2D eigenvalue weighted by Crippen LogP contribution is -2.34. The quantitative estimate of drug-likeness (QED) is 0.737. The maximum atomic E-state index is 5.91. The summed E-state index contributed by atoms with van der Waals surface area (Å²) in [5.74, 6) is 1.65. The first-order valence-electron chi connectivity index (χ1n) is 5.62. The van der Waals surface area contributed by atoms with Crippen LogP contribution in [0.2, 0.25) is 5.15 Å². The summed E-state index contributed by atoms with van der Waals surface area (Å²) in [5.41, 5.74) is 0. The molecule has 0 aliphatic carbocycles. The van der Waals surface area contributed by atoms with Crippen molar-refractivity contribution >= 4 is 17.4 Å². The molecule has 4 heteroatoms. The van der Waals surface area contributed by atoms with Crippen molar-refractivity contribution in [2.24, 2.45) is 5.92 Å². The molecule has 2 atom stereocenters. The zero-order valence-corrected chi connectivity index (χ0v) is 10.8. The molecule has 0 bridgehead atoms. The Kier molecular flexibility index (Phi) is 3.36. The van der Waals surface area contributed by atoms with E-state index in [9.17, 15) is 0 Å². The van der Waals surface area contributed by atoms with E-state index >= 15 is 0 Å². The van der Waals surface area contributed by atoms with Gasteiger partial charge >= 0.3 is 0 Å². The SMILES string of the molecule is CC1CN(c2cccc(Cl)n2)CC1N(C)C. The summed E-state index contributed by atoms with van der Waals surface area (Å²) in [6.45, 7) is 4.37. The Hall–Kier alpha value is -0.800. The fourth-order valence-corrected chi connectivity index (χ4v) is 2.54. The summed E-state index contributed by atoms with van der Waals surface area (Å²) < 4.78 is 0. The number of hydrogen-bond acceptors (Lipinski definition) is 3. The predicted molar refractivity (Wildman–Crippen MR) is 68.1 cm³/mol. The van der Waals surface area contributed by atoms with Crippen LogP contribution in [0.3, 0.4) is 0 Å². The van der Waals surface area contributed by atoms with Crippen LogP contribution >= 0.6 is 11.6 Å². The summed E-state index contributed by atoms with van der Waals surface area (Å²) >= 11 is 5.91. The van der Waals surface area contributed by atoms with Gasteiger partial charge in [-0.15, -0.1) is 0 Å². The van der Waals surface area contributed by atoms with Gasteiger partial charge < -0.3 is 9.80 Å². The molecule has 16 heavy (non-hydrogen) atoms. The number of halogens is 1. The van der Waals surface area contributed by atoms with Crippen LogP contribution < -0.4 is 4.90 Å². The predicted octanol–water partition coefficient (Wildman–Crippen LogP) is 2.12. The van der Waals surface area contributed by atoms with Gasteiger partial charge in [0.2, 0.25) is 0 Å². The molecule has 0 saturated carbocycles. The molecule has 1 saturated heterocycles. The number of pyridine rings is 1. The van der Waals surface area contributed by atoms with Crippen LogP contribution in [0.4, 0.5) is 5.82 Å². The average molecular weight is 240 g/mol. The van der Waals surface area contributed by atoms with Crippen molar-refractivity contribution in [2.45, 2.75) is 13.0 Å². The summed E-state index contributed by atoms with van der Waals surface area (Å²) in [7, 11) is 4.27. The lowest BCUT2D eigenvalue weighted by Gasteiger charge is -2.22. The summed E-state index contributed by atoms with van der Waals surface area (Å²) in [6, 6.07) is 6.39. The van der Waals surface area contributed by atoms with Crippen molar-refractivity contribution in [3.8, 4) is 0 Å². The molecular weight excluding hydrogens is 222 g/mol. The van der Waals surface area contributed by atoms with Gasteiger partial charge in [-0.3, -0.25) is 0 Å². The Morgan fingerprint density at radius 2 is 2.12 bits per heavy atom. The molecule has 0 aromatic carbocycles. The maximum absolute atomic E-state index is 5.91. The van der Waals surface area contributed by atoms with Crippen molar-refractivity contribution in [3.05, 3.63) is 23.4 Å². The molecule has 1 fully saturated rings. The van der Waals surface area contributed by atoms with Crippen LogP contribution in [0.25, 0.3) is 0 Å². The summed E-state index contributed by atoms with van der Waals surface area (Å²) in [5, 5.41) is 0.568. The molecule has 3 nitrogen and oxygen atoms in total. The van der Waals surface area contributed by atoms with E-state index in [1.807, 2.05) is 18.2 Å². The van der Waals surface area contributed by atoms with Crippen LogP contribution in [0.15, 0.2) is 18.2 Å². The number of rotatable bonds is 2. The van der Waals surface area contributed by atoms with E-state index < -0.39 is 0 Å². The smallest absolute Gasteiger partial charge is 0.131 e. The fourth-order valence-electron chi connectivity index (χ4n) is 2.38. The Labute approximate surface area is 102 Å². The minimum Gasteiger partial charge on any atom is -0.355 e. The third kappa shape index (κ3) is 2.30. The van der Waals surface area contributed by atoms with E-state index in [4.69, 9.17) is 11.6 Å². The standard InChI is InChI=1S/C12H18ClN3/c1-9-7-16(8-10(9)15(2)3)12-6-4-5-11(13)14-12/h4-6,9-10H,7-8H2,1-3H3. The molecule has 1 aromatic rings. The highest BCUT2D eigenvalue weighted by atomic mass is 35.5. The van der Waals surface area contributed by atoms with E-state index in [-0.39, 0.29) is 0 Å². The van der Waals surface area contributed by atoms with Crippen LogP contribution in [0.1, 0.15) is 6.92 Å². The fraction of sp³-hybridized carbons (Fsp3) is 0.583. The highest BCUT2D eigenvalue weighted by Crippen LogP contribution is 2.25. The topological polar surface area (TPSA) is 19.4 Å². The second-order valence-electron chi connectivity index (χ2n) is 4.73. The molecule has 2 unspecified atom stereocenters. The highest BCUT2D eigenvalue weighted by Gasteiger charge is 2.31.